The molecular formula is C17H21FN2O3S. The molecule has 2 aromatic rings. The zero-order chi connectivity index (χ0) is 17.7. The lowest BCUT2D eigenvalue weighted by Gasteiger charge is -2.16. The summed E-state index contributed by atoms with van der Waals surface area (Å²) in [7, 11) is 0.211. The highest BCUT2D eigenvalue weighted by Gasteiger charge is 2.15. The van der Waals surface area contributed by atoms with Crippen molar-refractivity contribution < 1.29 is 17.9 Å². The maximum atomic E-state index is 12.8. The van der Waals surface area contributed by atoms with E-state index in [0.717, 1.165) is 5.69 Å². The van der Waals surface area contributed by atoms with Crippen LogP contribution in [0.15, 0.2) is 48.5 Å². The molecule has 24 heavy (non-hydrogen) atoms. The van der Waals surface area contributed by atoms with Gasteiger partial charge in [0, 0.05) is 26.3 Å². The molecule has 0 fully saturated rings. The van der Waals surface area contributed by atoms with Crippen LogP contribution in [0.1, 0.15) is 17.2 Å². The van der Waals surface area contributed by atoms with Gasteiger partial charge in [-0.05, 0) is 35.4 Å². The number of hydrogen-bond acceptors (Lipinski definition) is 4. The van der Waals surface area contributed by atoms with Crippen LogP contribution in [0.3, 0.4) is 0 Å². The third kappa shape index (κ3) is 5.30. The third-order valence-corrected chi connectivity index (χ3v) is 4.88. The molecular weight excluding hydrogens is 331 g/mol. The van der Waals surface area contributed by atoms with Gasteiger partial charge in [0.1, 0.15) is 5.82 Å². The Morgan fingerprint density at radius 1 is 1.08 bits per heavy atom. The molecule has 7 heteroatoms. The van der Waals surface area contributed by atoms with Crippen LogP contribution in [0.25, 0.3) is 0 Å². The molecule has 1 atom stereocenters. The van der Waals surface area contributed by atoms with Crippen LogP contribution in [-0.4, -0.2) is 34.2 Å². The molecule has 0 amide bonds. The smallest absolute Gasteiger partial charge is 0.215 e. The van der Waals surface area contributed by atoms with Gasteiger partial charge in [0.2, 0.25) is 10.0 Å². The van der Waals surface area contributed by atoms with E-state index in [1.807, 2.05) is 31.1 Å². The summed E-state index contributed by atoms with van der Waals surface area (Å²) in [6, 6.07) is 12.5. The first-order chi connectivity index (χ1) is 11.3. The standard InChI is InChI=1S/C17H21FN2O3S/c1-20(2)16-9-5-14(6-10-16)17(21)11-19-24(22,23)12-13-3-7-15(18)8-4-13/h3-10,17,19,21H,11-12H2,1-2H3. The zero-order valence-corrected chi connectivity index (χ0v) is 14.4. The fourth-order valence-electron chi connectivity index (χ4n) is 2.17. The van der Waals surface area contributed by atoms with E-state index >= 15 is 0 Å². The summed E-state index contributed by atoms with van der Waals surface area (Å²) in [6.45, 7) is -0.120. The number of benzene rings is 2. The quantitative estimate of drug-likeness (QED) is 0.800. The van der Waals surface area contributed by atoms with E-state index in [4.69, 9.17) is 0 Å². The van der Waals surface area contributed by atoms with Gasteiger partial charge in [0.05, 0.1) is 11.9 Å². The lowest BCUT2D eigenvalue weighted by molar-refractivity contribution is 0.182. The van der Waals surface area contributed by atoms with Gasteiger partial charge >= 0.3 is 0 Å². The number of rotatable bonds is 7. The Balaban J connectivity index is 1.94. The molecule has 0 spiro atoms. The van der Waals surface area contributed by atoms with Gasteiger partial charge in [-0.3, -0.25) is 0 Å². The van der Waals surface area contributed by atoms with Crippen LogP contribution >= 0.6 is 0 Å². The van der Waals surface area contributed by atoms with E-state index in [0.29, 0.717) is 11.1 Å². The van der Waals surface area contributed by atoms with E-state index < -0.39 is 21.9 Å². The second-order valence-electron chi connectivity index (χ2n) is 5.74. The number of anilines is 1. The van der Waals surface area contributed by atoms with Crippen molar-refractivity contribution in [1.29, 1.82) is 0 Å². The second-order valence-corrected chi connectivity index (χ2v) is 7.54. The minimum atomic E-state index is -3.61. The van der Waals surface area contributed by atoms with Crippen molar-refractivity contribution in [2.24, 2.45) is 0 Å². The van der Waals surface area contributed by atoms with E-state index in [1.165, 1.54) is 24.3 Å². The van der Waals surface area contributed by atoms with Crippen LogP contribution in [-0.2, 0) is 15.8 Å². The summed E-state index contributed by atoms with van der Waals surface area (Å²) in [5.41, 5.74) is 2.10. The van der Waals surface area contributed by atoms with Crippen molar-refractivity contribution in [3.63, 3.8) is 0 Å². The Morgan fingerprint density at radius 3 is 2.21 bits per heavy atom. The number of hydrogen-bond donors (Lipinski definition) is 2. The normalized spacial score (nSPS) is 12.8. The highest BCUT2D eigenvalue weighted by Crippen LogP contribution is 2.17. The monoisotopic (exact) mass is 352 g/mol. The highest BCUT2D eigenvalue weighted by atomic mass is 32.2. The Hall–Kier alpha value is -1.96. The predicted molar refractivity (Wildman–Crippen MR) is 92.8 cm³/mol. The number of aliphatic hydroxyl groups is 1. The predicted octanol–water partition coefficient (Wildman–Crippen LogP) is 2.04. The number of nitrogens with one attached hydrogen (secondary N) is 1. The Labute approximate surface area is 141 Å². The SMILES string of the molecule is CN(C)c1ccc(C(O)CNS(=O)(=O)Cc2ccc(F)cc2)cc1. The molecule has 0 aromatic heterocycles. The van der Waals surface area contributed by atoms with Crippen molar-refractivity contribution >= 4 is 15.7 Å². The molecule has 0 aliphatic rings. The molecule has 0 heterocycles. The maximum absolute atomic E-state index is 12.8. The molecule has 2 rings (SSSR count). The molecule has 0 radical (unpaired) electrons. The van der Waals surface area contributed by atoms with E-state index in [1.54, 1.807) is 12.1 Å². The number of nitrogens with zero attached hydrogens (tertiary/aromatic N) is 1. The Bertz CT molecular complexity index is 759. The summed E-state index contributed by atoms with van der Waals surface area (Å²) in [5, 5.41) is 10.1. The molecule has 2 N–H and O–H groups in total. The zero-order valence-electron chi connectivity index (χ0n) is 13.6. The van der Waals surface area contributed by atoms with Gasteiger partial charge in [0.15, 0.2) is 0 Å². The summed E-state index contributed by atoms with van der Waals surface area (Å²) < 4.78 is 39.3. The minimum absolute atomic E-state index is 0.120. The lowest BCUT2D eigenvalue weighted by Crippen LogP contribution is -2.29. The van der Waals surface area contributed by atoms with E-state index in [2.05, 4.69) is 4.72 Å². The van der Waals surface area contributed by atoms with Gasteiger partial charge in [0.25, 0.3) is 0 Å². The molecule has 1 unspecified atom stereocenters. The van der Waals surface area contributed by atoms with Gasteiger partial charge in [-0.25, -0.2) is 17.5 Å². The molecule has 5 nitrogen and oxygen atoms in total. The summed E-state index contributed by atoms with van der Waals surface area (Å²) in [4.78, 5) is 1.93. The highest BCUT2D eigenvalue weighted by molar-refractivity contribution is 7.88. The first kappa shape index (κ1) is 18.4. The molecule has 0 saturated heterocycles. The number of halogens is 1. The van der Waals surface area contributed by atoms with Crippen molar-refractivity contribution in [3.05, 3.63) is 65.5 Å². The van der Waals surface area contributed by atoms with E-state index in [-0.39, 0.29) is 12.3 Å². The van der Waals surface area contributed by atoms with Crippen LogP contribution < -0.4 is 9.62 Å². The average molecular weight is 352 g/mol. The van der Waals surface area contributed by atoms with Crippen LogP contribution in [0, 0.1) is 5.82 Å². The molecule has 0 saturated carbocycles. The van der Waals surface area contributed by atoms with Crippen molar-refractivity contribution in [1.82, 2.24) is 4.72 Å². The summed E-state index contributed by atoms with van der Waals surface area (Å²) in [5.74, 6) is -0.680. The number of aliphatic hydroxyl groups excluding tert-OH is 1. The molecule has 0 aliphatic heterocycles. The minimum Gasteiger partial charge on any atom is -0.387 e. The van der Waals surface area contributed by atoms with Crippen molar-refractivity contribution in [3.8, 4) is 0 Å². The lowest BCUT2D eigenvalue weighted by atomic mass is 10.1. The van der Waals surface area contributed by atoms with Gasteiger partial charge in [-0.15, -0.1) is 0 Å². The Kier molecular flexibility index (Phi) is 5.93. The summed E-state index contributed by atoms with van der Waals surface area (Å²) >= 11 is 0. The second kappa shape index (κ2) is 7.74. The topological polar surface area (TPSA) is 69.6 Å². The first-order valence-electron chi connectivity index (χ1n) is 7.44. The van der Waals surface area contributed by atoms with Gasteiger partial charge < -0.3 is 10.0 Å². The fourth-order valence-corrected chi connectivity index (χ4v) is 3.31. The molecule has 130 valence electrons. The van der Waals surface area contributed by atoms with E-state index in [9.17, 15) is 17.9 Å². The Morgan fingerprint density at radius 2 is 1.67 bits per heavy atom. The van der Waals surface area contributed by atoms with Crippen molar-refractivity contribution in [2.75, 3.05) is 25.5 Å². The molecule has 0 bridgehead atoms. The fraction of sp³-hybridized carbons (Fsp3) is 0.294. The van der Waals surface area contributed by atoms with Crippen LogP contribution in [0.2, 0.25) is 0 Å². The largest absolute Gasteiger partial charge is 0.387 e. The van der Waals surface area contributed by atoms with Crippen LogP contribution in [0.5, 0.6) is 0 Å². The van der Waals surface area contributed by atoms with Gasteiger partial charge in [-0.2, -0.15) is 0 Å². The van der Waals surface area contributed by atoms with Gasteiger partial charge in [-0.1, -0.05) is 24.3 Å². The first-order valence-corrected chi connectivity index (χ1v) is 9.09. The number of sulfonamides is 1. The molecule has 0 aliphatic carbocycles. The third-order valence-electron chi connectivity index (χ3n) is 3.56. The summed E-state index contributed by atoms with van der Waals surface area (Å²) in [6.07, 6.45) is -0.941. The van der Waals surface area contributed by atoms with Crippen molar-refractivity contribution in [2.45, 2.75) is 11.9 Å². The maximum Gasteiger partial charge on any atom is 0.215 e. The molecule has 2 aromatic carbocycles. The van der Waals surface area contributed by atoms with Crippen LogP contribution in [0.4, 0.5) is 10.1 Å². The average Bonchev–Trinajstić information content (AvgIpc) is 2.55.